The fourth-order valence-electron chi connectivity index (χ4n) is 4.16. The molecule has 0 radical (unpaired) electrons. The van der Waals surface area contributed by atoms with E-state index < -0.39 is 0 Å². The number of rotatable bonds is 5. The molecule has 0 unspecified atom stereocenters. The molecule has 0 atom stereocenters. The van der Waals surface area contributed by atoms with E-state index in [2.05, 4.69) is 26.3 Å². The fraction of sp³-hybridized carbons (Fsp3) is 0.333. The molecule has 1 N–H and O–H groups in total. The van der Waals surface area contributed by atoms with Crippen LogP contribution >= 0.6 is 11.6 Å². The quantitative estimate of drug-likeness (QED) is 0.636. The molecule has 0 saturated carbocycles. The summed E-state index contributed by atoms with van der Waals surface area (Å²) < 4.78 is 5.41. The maximum Gasteiger partial charge on any atom is 0.232 e. The Morgan fingerprint density at radius 2 is 2.03 bits per heavy atom. The second kappa shape index (κ2) is 9.22. The van der Waals surface area contributed by atoms with Crippen molar-refractivity contribution in [1.29, 1.82) is 0 Å². The summed E-state index contributed by atoms with van der Waals surface area (Å²) >= 11 is 6.23. The summed E-state index contributed by atoms with van der Waals surface area (Å²) in [5.74, 6) is 1.34. The number of amides is 1. The van der Waals surface area contributed by atoms with Crippen LogP contribution in [0.25, 0.3) is 11.3 Å². The third kappa shape index (κ3) is 4.45. The Labute approximate surface area is 191 Å². The Kier molecular flexibility index (Phi) is 6.01. The Balaban J connectivity index is 1.32. The van der Waals surface area contributed by atoms with Gasteiger partial charge in [-0.05, 0) is 48.6 Å². The van der Waals surface area contributed by atoms with Gasteiger partial charge in [-0.1, -0.05) is 29.8 Å². The summed E-state index contributed by atoms with van der Waals surface area (Å²) in [4.78, 5) is 28.3. The summed E-state index contributed by atoms with van der Waals surface area (Å²) in [6.07, 6.45) is 6.47. The minimum Gasteiger partial charge on any atom is -0.381 e. The average Bonchev–Trinajstić information content (AvgIpc) is 3.25. The maximum absolute atomic E-state index is 12.9. The molecular weight excluding hydrogens is 426 g/mol. The highest BCUT2D eigenvalue weighted by Gasteiger charge is 2.27. The van der Waals surface area contributed by atoms with Crippen LogP contribution in [0.5, 0.6) is 0 Å². The zero-order valence-corrected chi connectivity index (χ0v) is 18.4. The van der Waals surface area contributed by atoms with Gasteiger partial charge in [0.25, 0.3) is 0 Å². The number of anilines is 2. The lowest BCUT2D eigenvalue weighted by Crippen LogP contribution is -2.31. The molecule has 1 aromatic carbocycles. The van der Waals surface area contributed by atoms with Gasteiger partial charge in [0.1, 0.15) is 5.82 Å². The number of hydrogen-bond acceptors (Lipinski definition) is 6. The molecular formula is C24H24ClN5O2. The highest BCUT2D eigenvalue weighted by molar-refractivity contribution is 6.31. The van der Waals surface area contributed by atoms with Crippen LogP contribution < -0.4 is 10.2 Å². The van der Waals surface area contributed by atoms with Crippen LogP contribution in [-0.2, 0) is 22.4 Å². The second-order valence-electron chi connectivity index (χ2n) is 8.07. The molecule has 0 aliphatic carbocycles. The first-order valence-electron chi connectivity index (χ1n) is 10.9. The van der Waals surface area contributed by atoms with Crippen LogP contribution in [0.1, 0.15) is 24.0 Å². The van der Waals surface area contributed by atoms with Crippen molar-refractivity contribution >= 4 is 29.3 Å². The van der Waals surface area contributed by atoms with E-state index in [1.807, 2.05) is 24.3 Å². The molecule has 3 aromatic rings. The highest BCUT2D eigenvalue weighted by atomic mass is 35.5. The van der Waals surface area contributed by atoms with E-state index in [0.29, 0.717) is 23.6 Å². The number of aromatic nitrogens is 3. The lowest BCUT2D eigenvalue weighted by molar-refractivity contribution is -0.117. The van der Waals surface area contributed by atoms with Crippen molar-refractivity contribution in [2.75, 3.05) is 30.0 Å². The third-order valence-corrected chi connectivity index (χ3v) is 6.28. The van der Waals surface area contributed by atoms with Crippen LogP contribution in [0.3, 0.4) is 0 Å². The minimum absolute atomic E-state index is 0.00193. The molecule has 1 fully saturated rings. The molecule has 7 nitrogen and oxygen atoms in total. The van der Waals surface area contributed by atoms with Crippen molar-refractivity contribution in [3.63, 3.8) is 0 Å². The zero-order valence-electron chi connectivity index (χ0n) is 17.6. The normalized spacial score (nSPS) is 16.1. The molecule has 5 rings (SSSR count). The van der Waals surface area contributed by atoms with Crippen molar-refractivity contribution in [3.8, 4) is 11.3 Å². The van der Waals surface area contributed by atoms with Gasteiger partial charge in [0, 0.05) is 48.8 Å². The SMILES string of the molecule is O=C(Cc1ccccc1Cl)N1CCc2cc(-c3ccnc(NC4CCOCC4)n3)cnc21. The number of hydrogen-bond donors (Lipinski definition) is 1. The van der Waals surface area contributed by atoms with Crippen molar-refractivity contribution in [1.82, 2.24) is 15.0 Å². The largest absolute Gasteiger partial charge is 0.381 e. The van der Waals surface area contributed by atoms with Crippen molar-refractivity contribution in [3.05, 3.63) is 64.9 Å². The molecule has 32 heavy (non-hydrogen) atoms. The molecule has 1 amide bonds. The molecule has 0 bridgehead atoms. The van der Waals surface area contributed by atoms with Crippen LogP contribution in [0.4, 0.5) is 11.8 Å². The van der Waals surface area contributed by atoms with Gasteiger partial charge in [0.05, 0.1) is 12.1 Å². The van der Waals surface area contributed by atoms with Gasteiger partial charge >= 0.3 is 0 Å². The molecule has 4 heterocycles. The van der Waals surface area contributed by atoms with E-state index in [-0.39, 0.29) is 12.3 Å². The molecule has 0 spiro atoms. The van der Waals surface area contributed by atoms with E-state index >= 15 is 0 Å². The number of carbonyl (C=O) groups is 1. The van der Waals surface area contributed by atoms with Gasteiger partial charge in [-0.25, -0.2) is 15.0 Å². The Hall–Kier alpha value is -3.03. The monoisotopic (exact) mass is 449 g/mol. The van der Waals surface area contributed by atoms with E-state index in [1.54, 1.807) is 23.4 Å². The summed E-state index contributed by atoms with van der Waals surface area (Å²) in [6, 6.07) is 11.7. The Bertz CT molecular complexity index is 1130. The van der Waals surface area contributed by atoms with E-state index in [1.165, 1.54) is 0 Å². The van der Waals surface area contributed by atoms with Gasteiger partial charge in [0.15, 0.2) is 0 Å². The first kappa shape index (κ1) is 20.8. The van der Waals surface area contributed by atoms with Crippen molar-refractivity contribution < 1.29 is 9.53 Å². The molecule has 8 heteroatoms. The van der Waals surface area contributed by atoms with Gasteiger partial charge in [-0.2, -0.15) is 0 Å². The van der Waals surface area contributed by atoms with Gasteiger partial charge in [-0.15, -0.1) is 0 Å². The van der Waals surface area contributed by atoms with Crippen LogP contribution in [-0.4, -0.2) is 46.7 Å². The smallest absolute Gasteiger partial charge is 0.232 e. The van der Waals surface area contributed by atoms with Crippen molar-refractivity contribution in [2.24, 2.45) is 0 Å². The number of carbonyl (C=O) groups excluding carboxylic acids is 1. The van der Waals surface area contributed by atoms with Crippen LogP contribution in [0, 0.1) is 0 Å². The summed E-state index contributed by atoms with van der Waals surface area (Å²) in [7, 11) is 0. The number of pyridine rings is 1. The van der Waals surface area contributed by atoms with Crippen LogP contribution in [0.15, 0.2) is 48.8 Å². The van der Waals surface area contributed by atoms with Gasteiger partial charge < -0.3 is 10.1 Å². The number of ether oxygens (including phenoxy) is 1. The molecule has 2 aliphatic heterocycles. The third-order valence-electron chi connectivity index (χ3n) is 5.91. The minimum atomic E-state index is 0.00193. The molecule has 1 saturated heterocycles. The number of nitrogens with zero attached hydrogens (tertiary/aromatic N) is 4. The second-order valence-corrected chi connectivity index (χ2v) is 8.47. The lowest BCUT2D eigenvalue weighted by Gasteiger charge is -2.23. The number of fused-ring (bicyclic) bond motifs is 1. The highest BCUT2D eigenvalue weighted by Crippen LogP contribution is 2.30. The van der Waals surface area contributed by atoms with Crippen LogP contribution in [0.2, 0.25) is 5.02 Å². The predicted molar refractivity (Wildman–Crippen MR) is 124 cm³/mol. The first-order chi connectivity index (χ1) is 15.7. The van der Waals surface area contributed by atoms with E-state index in [9.17, 15) is 4.79 Å². The fourth-order valence-corrected chi connectivity index (χ4v) is 4.37. The standard InChI is InChI=1S/C24H24ClN5O2/c25-20-4-2-1-3-16(20)14-22(31)30-10-6-17-13-18(15-27-23(17)30)21-5-9-26-24(29-21)28-19-7-11-32-12-8-19/h1-5,9,13,15,19H,6-8,10-12,14H2,(H,26,28,29). The molecule has 2 aromatic heterocycles. The van der Waals surface area contributed by atoms with E-state index in [4.69, 9.17) is 16.3 Å². The van der Waals surface area contributed by atoms with Crippen molar-refractivity contribution in [2.45, 2.75) is 31.7 Å². The number of benzene rings is 1. The van der Waals surface area contributed by atoms with Gasteiger partial charge in [-0.3, -0.25) is 9.69 Å². The number of nitrogens with one attached hydrogen (secondary N) is 1. The zero-order chi connectivity index (χ0) is 21.9. The number of halogens is 1. The summed E-state index contributed by atoms with van der Waals surface area (Å²) in [6.45, 7) is 2.14. The van der Waals surface area contributed by atoms with E-state index in [0.717, 1.165) is 60.7 Å². The average molecular weight is 450 g/mol. The lowest BCUT2D eigenvalue weighted by atomic mass is 10.1. The topological polar surface area (TPSA) is 80.2 Å². The molecule has 164 valence electrons. The maximum atomic E-state index is 12.9. The Morgan fingerprint density at radius 3 is 2.88 bits per heavy atom. The molecule has 2 aliphatic rings. The first-order valence-corrected chi connectivity index (χ1v) is 11.3. The predicted octanol–water partition coefficient (Wildman–Crippen LogP) is 3.91. The van der Waals surface area contributed by atoms with Gasteiger partial charge in [0.2, 0.25) is 11.9 Å². The Morgan fingerprint density at radius 1 is 1.19 bits per heavy atom. The summed E-state index contributed by atoms with van der Waals surface area (Å²) in [5, 5.41) is 4.02. The summed E-state index contributed by atoms with van der Waals surface area (Å²) in [5.41, 5.74) is 3.61.